The summed E-state index contributed by atoms with van der Waals surface area (Å²) in [4.78, 5) is 23.7. The summed E-state index contributed by atoms with van der Waals surface area (Å²) in [5, 5.41) is 0. The van der Waals surface area contributed by atoms with Gasteiger partial charge in [-0.1, -0.05) is 44.2 Å². The van der Waals surface area contributed by atoms with E-state index in [1.165, 1.54) is 11.1 Å². The topological polar surface area (TPSA) is 62.3 Å². The van der Waals surface area contributed by atoms with Gasteiger partial charge >= 0.3 is 0 Å². The Bertz CT molecular complexity index is 1010. The van der Waals surface area contributed by atoms with Crippen LogP contribution in [0.4, 0.5) is 0 Å². The third-order valence-corrected chi connectivity index (χ3v) is 5.27. The van der Waals surface area contributed by atoms with Crippen LogP contribution in [0.15, 0.2) is 85.8 Å². The van der Waals surface area contributed by atoms with Crippen LogP contribution in [0.2, 0.25) is 0 Å². The van der Waals surface area contributed by atoms with Crippen LogP contribution in [-0.4, -0.2) is 40.2 Å². The number of aromatic nitrogens is 1. The van der Waals surface area contributed by atoms with Gasteiger partial charge in [-0.05, 0) is 48.3 Å². The fraction of sp³-hybridized carbons (Fsp3) is 0.261. The van der Waals surface area contributed by atoms with Crippen molar-refractivity contribution < 1.29 is 0 Å². The molecule has 2 aliphatic carbocycles. The van der Waals surface area contributed by atoms with Crippen molar-refractivity contribution in [1.82, 2.24) is 4.98 Å². The minimum atomic E-state index is 0.00503. The predicted octanol–water partition coefficient (Wildman–Crippen LogP) is 4.03. The molecule has 5 rings (SSSR count). The summed E-state index contributed by atoms with van der Waals surface area (Å²) in [6, 6.07) is 5.88. The van der Waals surface area contributed by atoms with Gasteiger partial charge in [-0.25, -0.2) is 15.0 Å². The lowest BCUT2D eigenvalue weighted by molar-refractivity contribution is 1.06. The first-order chi connectivity index (χ1) is 13.7. The number of allylic oxidation sites excluding steroid dienone is 4. The Labute approximate surface area is 164 Å². The zero-order valence-corrected chi connectivity index (χ0v) is 16.0. The Balaban J connectivity index is 1.45. The van der Waals surface area contributed by atoms with Gasteiger partial charge in [-0.15, -0.1) is 0 Å². The zero-order valence-electron chi connectivity index (χ0n) is 16.0. The van der Waals surface area contributed by atoms with E-state index in [1.807, 2.05) is 18.2 Å². The molecule has 0 spiro atoms. The molecule has 2 unspecified atom stereocenters. The Morgan fingerprint density at radius 3 is 1.71 bits per heavy atom. The van der Waals surface area contributed by atoms with E-state index in [-0.39, 0.29) is 12.1 Å². The van der Waals surface area contributed by atoms with E-state index in [2.05, 4.69) is 50.3 Å². The molecule has 1 aromatic heterocycles. The lowest BCUT2D eigenvalue weighted by Gasteiger charge is -2.09. The van der Waals surface area contributed by atoms with Gasteiger partial charge in [0.05, 0.1) is 11.4 Å². The van der Waals surface area contributed by atoms with Crippen LogP contribution in [0.1, 0.15) is 38.1 Å². The van der Waals surface area contributed by atoms with Crippen LogP contribution >= 0.6 is 0 Å². The van der Waals surface area contributed by atoms with E-state index >= 15 is 0 Å². The molecule has 0 aromatic carbocycles. The second kappa shape index (κ2) is 6.75. The SMILES string of the molecule is CCC1=CC2=NC(c3cccc(C4=NC5C=CC(CC)=CC5=N4)n3)=NC2C=C1. The van der Waals surface area contributed by atoms with Crippen LogP contribution in [-0.2, 0) is 0 Å². The van der Waals surface area contributed by atoms with Gasteiger partial charge in [0, 0.05) is 0 Å². The molecule has 0 saturated carbocycles. The summed E-state index contributed by atoms with van der Waals surface area (Å²) >= 11 is 0. The van der Waals surface area contributed by atoms with Crippen molar-refractivity contribution in [3.8, 4) is 0 Å². The summed E-state index contributed by atoms with van der Waals surface area (Å²) in [6.07, 6.45) is 14.7. The summed E-state index contributed by atoms with van der Waals surface area (Å²) in [7, 11) is 0. The van der Waals surface area contributed by atoms with Crippen molar-refractivity contribution in [2.24, 2.45) is 20.0 Å². The predicted molar refractivity (Wildman–Crippen MR) is 115 cm³/mol. The molecule has 0 bridgehead atoms. The Morgan fingerprint density at radius 1 is 0.750 bits per heavy atom. The minimum absolute atomic E-state index is 0.00503. The molecule has 2 aliphatic heterocycles. The van der Waals surface area contributed by atoms with E-state index in [9.17, 15) is 0 Å². The molecule has 0 radical (unpaired) electrons. The molecule has 3 heterocycles. The quantitative estimate of drug-likeness (QED) is 0.792. The molecule has 0 N–H and O–H groups in total. The number of nitrogens with zero attached hydrogens (tertiary/aromatic N) is 5. The van der Waals surface area contributed by atoms with Crippen molar-refractivity contribution >= 4 is 23.1 Å². The van der Waals surface area contributed by atoms with Gasteiger partial charge in [0.15, 0.2) is 11.7 Å². The maximum Gasteiger partial charge on any atom is 0.174 e. The number of fused-ring (bicyclic) bond motifs is 2. The maximum atomic E-state index is 4.77. The molecular weight excluding hydrogens is 346 g/mol. The van der Waals surface area contributed by atoms with E-state index in [0.717, 1.165) is 35.7 Å². The first kappa shape index (κ1) is 16.9. The molecule has 138 valence electrons. The van der Waals surface area contributed by atoms with E-state index in [1.54, 1.807) is 0 Å². The summed E-state index contributed by atoms with van der Waals surface area (Å²) < 4.78 is 0. The third kappa shape index (κ3) is 2.93. The standard InChI is InChI=1S/C23H21N5/c1-3-14-8-10-16-20(12-14)27-22(25-16)18-6-5-7-19(24-18)23-26-17-11-9-15(4-2)13-21(17)28-23/h5-13,16-17H,3-4H2,1-2H3. The second-order valence-corrected chi connectivity index (χ2v) is 7.14. The van der Waals surface area contributed by atoms with Crippen molar-refractivity contribution in [2.75, 3.05) is 0 Å². The number of aliphatic imine (C=N–C) groups is 4. The summed E-state index contributed by atoms with van der Waals surface area (Å²) in [6.45, 7) is 4.29. The first-order valence-electron chi connectivity index (χ1n) is 9.81. The highest BCUT2D eigenvalue weighted by Gasteiger charge is 2.25. The monoisotopic (exact) mass is 367 g/mol. The van der Waals surface area contributed by atoms with Gasteiger partial charge in [0.25, 0.3) is 0 Å². The zero-order chi connectivity index (χ0) is 19.1. The molecule has 4 aliphatic rings. The highest BCUT2D eigenvalue weighted by molar-refractivity contribution is 6.19. The van der Waals surface area contributed by atoms with Gasteiger partial charge in [-0.2, -0.15) is 0 Å². The highest BCUT2D eigenvalue weighted by atomic mass is 15.1. The summed E-state index contributed by atoms with van der Waals surface area (Å²) in [5.41, 5.74) is 6.07. The van der Waals surface area contributed by atoms with E-state index in [4.69, 9.17) is 25.0 Å². The highest BCUT2D eigenvalue weighted by Crippen LogP contribution is 2.22. The molecule has 2 atom stereocenters. The lowest BCUT2D eigenvalue weighted by atomic mass is 10.0. The van der Waals surface area contributed by atoms with Gasteiger partial charge < -0.3 is 0 Å². The second-order valence-electron chi connectivity index (χ2n) is 7.14. The van der Waals surface area contributed by atoms with Gasteiger partial charge in [0.1, 0.15) is 23.5 Å². The molecule has 5 heteroatoms. The van der Waals surface area contributed by atoms with Gasteiger partial charge in [0.2, 0.25) is 0 Å². The average molecular weight is 367 g/mol. The van der Waals surface area contributed by atoms with Gasteiger partial charge in [-0.3, -0.25) is 9.98 Å². The molecule has 5 nitrogen and oxygen atoms in total. The average Bonchev–Trinajstić information content (AvgIpc) is 3.36. The number of amidine groups is 2. The molecular formula is C23H21N5. The maximum absolute atomic E-state index is 4.77. The van der Waals surface area contributed by atoms with Crippen LogP contribution in [0.25, 0.3) is 0 Å². The van der Waals surface area contributed by atoms with Crippen molar-refractivity contribution in [2.45, 2.75) is 38.8 Å². The molecule has 0 amide bonds. The minimum Gasteiger partial charge on any atom is -0.251 e. The van der Waals surface area contributed by atoms with Crippen LogP contribution in [0.3, 0.4) is 0 Å². The third-order valence-electron chi connectivity index (χ3n) is 5.27. The van der Waals surface area contributed by atoms with Crippen molar-refractivity contribution in [3.63, 3.8) is 0 Å². The fourth-order valence-corrected chi connectivity index (χ4v) is 3.62. The number of rotatable bonds is 4. The van der Waals surface area contributed by atoms with E-state index < -0.39 is 0 Å². The molecule has 28 heavy (non-hydrogen) atoms. The Morgan fingerprint density at radius 2 is 1.25 bits per heavy atom. The van der Waals surface area contributed by atoms with Crippen molar-refractivity contribution in [3.05, 3.63) is 77.2 Å². The number of hydrogen-bond acceptors (Lipinski definition) is 5. The molecule has 0 fully saturated rings. The fourth-order valence-electron chi connectivity index (χ4n) is 3.62. The molecule has 0 saturated heterocycles. The largest absolute Gasteiger partial charge is 0.251 e. The van der Waals surface area contributed by atoms with Crippen LogP contribution in [0.5, 0.6) is 0 Å². The normalized spacial score (nSPS) is 24.6. The smallest absolute Gasteiger partial charge is 0.174 e. The number of pyridine rings is 1. The van der Waals surface area contributed by atoms with Crippen LogP contribution < -0.4 is 0 Å². The Kier molecular flexibility index (Phi) is 4.08. The first-order valence-corrected chi connectivity index (χ1v) is 9.81. The van der Waals surface area contributed by atoms with E-state index in [0.29, 0.717) is 11.7 Å². The Hall–Kier alpha value is -3.21. The van der Waals surface area contributed by atoms with Crippen LogP contribution in [0, 0.1) is 0 Å². The molecule has 1 aromatic rings. The number of hydrogen-bond donors (Lipinski definition) is 0. The summed E-state index contributed by atoms with van der Waals surface area (Å²) in [5.74, 6) is 1.36. The lowest BCUT2D eigenvalue weighted by Crippen LogP contribution is -2.13. The van der Waals surface area contributed by atoms with Crippen molar-refractivity contribution in [1.29, 1.82) is 0 Å².